The van der Waals surface area contributed by atoms with Crippen LogP contribution < -0.4 is 5.73 Å². The van der Waals surface area contributed by atoms with Crippen LogP contribution in [0, 0.1) is 27.7 Å². The van der Waals surface area contributed by atoms with Gasteiger partial charge in [0.25, 0.3) is 0 Å². The molecule has 0 aliphatic rings. The number of nitrogens with two attached hydrogens (primary N) is 1. The maximum atomic E-state index is 6.28. The van der Waals surface area contributed by atoms with Crippen molar-refractivity contribution < 1.29 is 0 Å². The molecule has 2 N–H and O–H groups in total. The molecule has 19 heavy (non-hydrogen) atoms. The molecule has 0 heterocycles. The van der Waals surface area contributed by atoms with E-state index in [4.69, 9.17) is 17.3 Å². The molecule has 0 saturated carbocycles. The van der Waals surface area contributed by atoms with Crippen LogP contribution in [0.15, 0.2) is 24.3 Å². The van der Waals surface area contributed by atoms with Crippen molar-refractivity contribution in [3.05, 3.63) is 57.1 Å². The van der Waals surface area contributed by atoms with Crippen LogP contribution in [0.5, 0.6) is 0 Å². The van der Waals surface area contributed by atoms with Gasteiger partial charge in [0.1, 0.15) is 0 Å². The fourth-order valence-corrected chi connectivity index (χ4v) is 2.78. The first kappa shape index (κ1) is 14.1. The number of hydrogen-bond acceptors (Lipinski definition) is 1. The molecule has 0 fully saturated rings. The molecular formula is C17H20ClN. The fraction of sp³-hybridized carbons (Fsp3) is 0.294. The van der Waals surface area contributed by atoms with Gasteiger partial charge < -0.3 is 5.73 Å². The third kappa shape index (κ3) is 2.54. The molecular weight excluding hydrogens is 254 g/mol. The lowest BCUT2D eigenvalue weighted by molar-refractivity contribution is 1.07. The van der Waals surface area contributed by atoms with E-state index in [2.05, 4.69) is 39.8 Å². The van der Waals surface area contributed by atoms with E-state index in [-0.39, 0.29) is 0 Å². The van der Waals surface area contributed by atoms with Gasteiger partial charge in [0.15, 0.2) is 0 Å². The van der Waals surface area contributed by atoms with Crippen molar-refractivity contribution in [2.45, 2.75) is 34.2 Å². The quantitative estimate of drug-likeness (QED) is 0.843. The van der Waals surface area contributed by atoms with Gasteiger partial charge in [-0.25, -0.2) is 0 Å². The number of aryl methyl sites for hydroxylation is 2. The van der Waals surface area contributed by atoms with Crippen molar-refractivity contribution in [2.24, 2.45) is 5.73 Å². The first-order valence-corrected chi connectivity index (χ1v) is 6.89. The van der Waals surface area contributed by atoms with Crippen molar-refractivity contribution in [2.75, 3.05) is 0 Å². The lowest BCUT2D eigenvalue weighted by Crippen LogP contribution is -1.99. The largest absolute Gasteiger partial charge is 0.326 e. The zero-order valence-electron chi connectivity index (χ0n) is 12.0. The van der Waals surface area contributed by atoms with Crippen LogP contribution in [0.4, 0.5) is 0 Å². The highest BCUT2D eigenvalue weighted by molar-refractivity contribution is 6.31. The minimum Gasteiger partial charge on any atom is -0.326 e. The van der Waals surface area contributed by atoms with Crippen molar-refractivity contribution in [3.8, 4) is 11.1 Å². The third-order valence-electron chi connectivity index (χ3n) is 3.93. The summed E-state index contributed by atoms with van der Waals surface area (Å²) in [5, 5.41) is 0.748. The van der Waals surface area contributed by atoms with E-state index in [1.165, 1.54) is 33.4 Å². The molecule has 0 bridgehead atoms. The van der Waals surface area contributed by atoms with Crippen LogP contribution in [0.3, 0.4) is 0 Å². The van der Waals surface area contributed by atoms with E-state index in [0.717, 1.165) is 10.6 Å². The summed E-state index contributed by atoms with van der Waals surface area (Å²) in [5.41, 5.74) is 14.4. The van der Waals surface area contributed by atoms with Crippen molar-refractivity contribution in [3.63, 3.8) is 0 Å². The van der Waals surface area contributed by atoms with Crippen LogP contribution in [-0.2, 0) is 6.54 Å². The van der Waals surface area contributed by atoms with Gasteiger partial charge in [-0.1, -0.05) is 29.8 Å². The Hall–Kier alpha value is -1.31. The Morgan fingerprint density at radius 2 is 1.53 bits per heavy atom. The number of benzene rings is 2. The second-order valence-electron chi connectivity index (χ2n) is 5.15. The van der Waals surface area contributed by atoms with Gasteiger partial charge in [0.2, 0.25) is 0 Å². The number of halogens is 1. The van der Waals surface area contributed by atoms with Gasteiger partial charge in [-0.3, -0.25) is 0 Å². The summed E-state index contributed by atoms with van der Waals surface area (Å²) in [5.74, 6) is 0. The second kappa shape index (κ2) is 5.36. The van der Waals surface area contributed by atoms with Crippen LogP contribution in [0.2, 0.25) is 5.02 Å². The zero-order chi connectivity index (χ0) is 14.2. The molecule has 0 spiro atoms. The Morgan fingerprint density at radius 3 is 2.00 bits per heavy atom. The smallest absolute Gasteiger partial charge is 0.0457 e. The predicted octanol–water partition coefficient (Wildman–Crippen LogP) is 4.70. The molecule has 0 aliphatic heterocycles. The van der Waals surface area contributed by atoms with Crippen molar-refractivity contribution in [1.82, 2.24) is 0 Å². The van der Waals surface area contributed by atoms with Crippen LogP contribution in [0.25, 0.3) is 11.1 Å². The Kier molecular flexibility index (Phi) is 3.98. The van der Waals surface area contributed by atoms with E-state index in [9.17, 15) is 0 Å². The zero-order valence-corrected chi connectivity index (χ0v) is 12.7. The highest BCUT2D eigenvalue weighted by atomic mass is 35.5. The van der Waals surface area contributed by atoms with E-state index in [0.29, 0.717) is 6.54 Å². The van der Waals surface area contributed by atoms with Crippen molar-refractivity contribution in [1.29, 1.82) is 0 Å². The molecule has 0 amide bonds. The Bertz CT molecular complexity index is 603. The van der Waals surface area contributed by atoms with Crippen LogP contribution >= 0.6 is 11.6 Å². The van der Waals surface area contributed by atoms with Crippen LogP contribution in [0.1, 0.15) is 27.8 Å². The van der Waals surface area contributed by atoms with Gasteiger partial charge in [-0.15, -0.1) is 0 Å². The second-order valence-corrected chi connectivity index (χ2v) is 5.55. The molecule has 0 atom stereocenters. The molecule has 2 rings (SSSR count). The molecule has 2 heteroatoms. The van der Waals surface area contributed by atoms with E-state index in [1.54, 1.807) is 0 Å². The lowest BCUT2D eigenvalue weighted by atomic mass is 9.89. The first-order valence-electron chi connectivity index (χ1n) is 6.52. The predicted molar refractivity (Wildman–Crippen MR) is 83.7 cm³/mol. The van der Waals surface area contributed by atoms with E-state index in [1.807, 2.05) is 12.1 Å². The monoisotopic (exact) mass is 273 g/mol. The molecule has 2 aromatic rings. The SMILES string of the molecule is Cc1cc(C)c(C)c(-c2ccc(CN)c(Cl)c2)c1C. The highest BCUT2D eigenvalue weighted by Crippen LogP contribution is 2.33. The molecule has 2 aromatic carbocycles. The number of rotatable bonds is 2. The summed E-state index contributed by atoms with van der Waals surface area (Å²) in [7, 11) is 0. The normalized spacial score (nSPS) is 10.8. The van der Waals surface area contributed by atoms with Gasteiger partial charge in [-0.2, -0.15) is 0 Å². The molecule has 100 valence electrons. The molecule has 0 unspecified atom stereocenters. The Balaban J connectivity index is 2.68. The summed E-state index contributed by atoms with van der Waals surface area (Å²) < 4.78 is 0. The summed E-state index contributed by atoms with van der Waals surface area (Å²) in [6.07, 6.45) is 0. The Labute approximate surface area is 120 Å². The molecule has 0 aliphatic carbocycles. The summed E-state index contributed by atoms with van der Waals surface area (Å²) in [4.78, 5) is 0. The van der Waals surface area contributed by atoms with Crippen molar-refractivity contribution >= 4 is 11.6 Å². The summed E-state index contributed by atoms with van der Waals surface area (Å²) in [6, 6.07) is 8.40. The maximum Gasteiger partial charge on any atom is 0.0457 e. The van der Waals surface area contributed by atoms with Gasteiger partial charge in [0.05, 0.1) is 0 Å². The van der Waals surface area contributed by atoms with E-state index < -0.39 is 0 Å². The van der Waals surface area contributed by atoms with Crippen LogP contribution in [-0.4, -0.2) is 0 Å². The number of hydrogen-bond donors (Lipinski definition) is 1. The topological polar surface area (TPSA) is 26.0 Å². The lowest BCUT2D eigenvalue weighted by Gasteiger charge is -2.16. The highest BCUT2D eigenvalue weighted by Gasteiger charge is 2.11. The van der Waals surface area contributed by atoms with Gasteiger partial charge in [-0.05, 0) is 72.7 Å². The average Bonchev–Trinajstić information content (AvgIpc) is 2.37. The maximum absolute atomic E-state index is 6.28. The van der Waals surface area contributed by atoms with Gasteiger partial charge in [0, 0.05) is 11.6 Å². The molecule has 0 radical (unpaired) electrons. The molecule has 1 nitrogen and oxygen atoms in total. The third-order valence-corrected chi connectivity index (χ3v) is 4.28. The minimum absolute atomic E-state index is 0.476. The molecule has 0 saturated heterocycles. The summed E-state index contributed by atoms with van der Waals surface area (Å²) in [6.45, 7) is 9.12. The average molecular weight is 274 g/mol. The minimum atomic E-state index is 0.476. The van der Waals surface area contributed by atoms with E-state index >= 15 is 0 Å². The summed E-state index contributed by atoms with van der Waals surface area (Å²) >= 11 is 6.28. The first-order chi connectivity index (χ1) is 8.95. The fourth-order valence-electron chi connectivity index (χ4n) is 2.52. The van der Waals surface area contributed by atoms with Gasteiger partial charge >= 0.3 is 0 Å². The Morgan fingerprint density at radius 1 is 0.947 bits per heavy atom. The molecule has 0 aromatic heterocycles. The standard InChI is InChI=1S/C17H20ClN/c1-10-7-11(2)13(4)17(12(10)3)14-5-6-15(9-19)16(18)8-14/h5-8H,9,19H2,1-4H3.